The van der Waals surface area contributed by atoms with Crippen molar-refractivity contribution in [3.8, 4) is 16.9 Å². The van der Waals surface area contributed by atoms with Crippen LogP contribution in [0, 0.1) is 5.82 Å². The fourth-order valence-corrected chi connectivity index (χ4v) is 1.54. The Bertz CT molecular complexity index is 579. The third-order valence-corrected chi connectivity index (χ3v) is 2.36. The zero-order valence-electron chi connectivity index (χ0n) is 8.68. The van der Waals surface area contributed by atoms with Gasteiger partial charge in [-0.3, -0.25) is 0 Å². The maximum absolute atomic E-state index is 13.2. The molecule has 0 amide bonds. The highest BCUT2D eigenvalue weighted by molar-refractivity contribution is 5.89. The highest BCUT2D eigenvalue weighted by Gasteiger charge is 2.11. The minimum absolute atomic E-state index is 0.177. The molecular formula is C13H8FO3-. The van der Waals surface area contributed by atoms with Crippen molar-refractivity contribution in [2.45, 2.75) is 0 Å². The van der Waals surface area contributed by atoms with Gasteiger partial charge in [-0.2, -0.15) is 0 Å². The van der Waals surface area contributed by atoms with E-state index in [2.05, 4.69) is 0 Å². The van der Waals surface area contributed by atoms with E-state index < -0.39 is 17.3 Å². The van der Waals surface area contributed by atoms with Crippen LogP contribution in [0.25, 0.3) is 11.1 Å². The summed E-state index contributed by atoms with van der Waals surface area (Å²) in [6.07, 6.45) is 0. The number of halogens is 1. The molecule has 0 aliphatic heterocycles. The molecule has 0 spiro atoms. The van der Waals surface area contributed by atoms with E-state index in [-0.39, 0.29) is 5.75 Å². The molecule has 1 N–H and O–H groups in total. The summed E-state index contributed by atoms with van der Waals surface area (Å²) in [6, 6.07) is 9.74. The second kappa shape index (κ2) is 4.25. The SMILES string of the molecule is O=C(O)c1cc(-c2cccc([O-])c2)ccc1F. The van der Waals surface area contributed by atoms with Crippen LogP contribution in [-0.4, -0.2) is 11.1 Å². The Morgan fingerprint density at radius 3 is 2.47 bits per heavy atom. The Morgan fingerprint density at radius 1 is 1.12 bits per heavy atom. The molecule has 0 heterocycles. The number of aromatic carboxylic acids is 1. The molecule has 0 saturated carbocycles. The van der Waals surface area contributed by atoms with Gasteiger partial charge in [0.2, 0.25) is 0 Å². The Labute approximate surface area is 96.8 Å². The van der Waals surface area contributed by atoms with Crippen molar-refractivity contribution in [1.82, 2.24) is 0 Å². The first-order valence-corrected chi connectivity index (χ1v) is 4.88. The molecule has 0 aliphatic rings. The van der Waals surface area contributed by atoms with Gasteiger partial charge < -0.3 is 10.2 Å². The van der Waals surface area contributed by atoms with Crippen molar-refractivity contribution >= 4 is 5.97 Å². The van der Waals surface area contributed by atoms with E-state index in [9.17, 15) is 14.3 Å². The van der Waals surface area contributed by atoms with Crippen LogP contribution in [0.15, 0.2) is 42.5 Å². The summed E-state index contributed by atoms with van der Waals surface area (Å²) in [6.45, 7) is 0. The zero-order chi connectivity index (χ0) is 12.4. The first kappa shape index (κ1) is 11.1. The summed E-state index contributed by atoms with van der Waals surface area (Å²) in [7, 11) is 0. The van der Waals surface area contributed by atoms with Crippen LogP contribution in [0.1, 0.15) is 10.4 Å². The molecule has 2 aromatic rings. The van der Waals surface area contributed by atoms with Crippen molar-refractivity contribution < 1.29 is 19.4 Å². The molecule has 0 aliphatic carbocycles. The number of carboxylic acid groups (broad SMARTS) is 1. The lowest BCUT2D eigenvalue weighted by Crippen LogP contribution is -2.00. The molecule has 0 saturated heterocycles. The van der Waals surface area contributed by atoms with Gasteiger partial charge in [-0.1, -0.05) is 30.3 Å². The lowest BCUT2D eigenvalue weighted by atomic mass is 10.0. The molecule has 2 rings (SSSR count). The monoisotopic (exact) mass is 231 g/mol. The van der Waals surface area contributed by atoms with Gasteiger partial charge in [0, 0.05) is 0 Å². The van der Waals surface area contributed by atoms with Gasteiger partial charge in [-0.15, -0.1) is 5.75 Å². The predicted molar refractivity (Wildman–Crippen MR) is 58.2 cm³/mol. The van der Waals surface area contributed by atoms with Crippen molar-refractivity contribution in [3.05, 3.63) is 53.8 Å². The van der Waals surface area contributed by atoms with E-state index in [1.54, 1.807) is 12.1 Å². The van der Waals surface area contributed by atoms with Crippen LogP contribution in [0.4, 0.5) is 4.39 Å². The molecule has 0 fully saturated rings. The Kier molecular flexibility index (Phi) is 2.78. The smallest absolute Gasteiger partial charge is 0.338 e. The Morgan fingerprint density at radius 2 is 1.82 bits per heavy atom. The van der Waals surface area contributed by atoms with E-state index >= 15 is 0 Å². The van der Waals surface area contributed by atoms with Gasteiger partial charge in [0.05, 0.1) is 5.56 Å². The normalized spacial score (nSPS) is 10.2. The first-order chi connectivity index (χ1) is 8.08. The maximum atomic E-state index is 13.2. The third kappa shape index (κ3) is 2.25. The quantitative estimate of drug-likeness (QED) is 0.862. The first-order valence-electron chi connectivity index (χ1n) is 4.88. The molecular weight excluding hydrogens is 223 g/mol. The van der Waals surface area contributed by atoms with Crippen LogP contribution >= 0.6 is 0 Å². The second-order valence-corrected chi connectivity index (χ2v) is 3.53. The van der Waals surface area contributed by atoms with Crippen molar-refractivity contribution in [2.24, 2.45) is 0 Å². The van der Waals surface area contributed by atoms with E-state index in [0.717, 1.165) is 6.07 Å². The molecule has 3 nitrogen and oxygen atoms in total. The molecule has 0 atom stereocenters. The summed E-state index contributed by atoms with van der Waals surface area (Å²) in [5.74, 6) is -2.30. The number of rotatable bonds is 2. The van der Waals surface area contributed by atoms with Crippen LogP contribution in [0.3, 0.4) is 0 Å². The second-order valence-electron chi connectivity index (χ2n) is 3.53. The molecule has 0 radical (unpaired) electrons. The lowest BCUT2D eigenvalue weighted by Gasteiger charge is -2.08. The Balaban J connectivity index is 2.54. The molecule has 4 heteroatoms. The largest absolute Gasteiger partial charge is 0.872 e. The van der Waals surface area contributed by atoms with Crippen LogP contribution < -0.4 is 5.11 Å². The van der Waals surface area contributed by atoms with Gasteiger partial charge in [0.1, 0.15) is 5.82 Å². The fourth-order valence-electron chi connectivity index (χ4n) is 1.54. The highest BCUT2D eigenvalue weighted by Crippen LogP contribution is 2.24. The molecule has 0 aromatic heterocycles. The van der Waals surface area contributed by atoms with E-state index in [4.69, 9.17) is 5.11 Å². The number of hydrogen-bond donors (Lipinski definition) is 1. The Hall–Kier alpha value is -2.36. The summed E-state index contributed by atoms with van der Waals surface area (Å²) in [5.41, 5.74) is 0.667. The van der Waals surface area contributed by atoms with Gasteiger partial charge >= 0.3 is 5.97 Å². The topological polar surface area (TPSA) is 60.4 Å². The molecule has 2 aromatic carbocycles. The number of hydrogen-bond acceptors (Lipinski definition) is 2. The maximum Gasteiger partial charge on any atom is 0.338 e. The molecule has 0 bridgehead atoms. The summed E-state index contributed by atoms with van der Waals surface area (Å²) in [4.78, 5) is 10.8. The lowest BCUT2D eigenvalue weighted by molar-refractivity contribution is -0.268. The number of carboxylic acids is 1. The molecule has 0 unspecified atom stereocenters. The number of benzene rings is 2. The summed E-state index contributed by atoms with van der Waals surface area (Å²) >= 11 is 0. The van der Waals surface area contributed by atoms with Gasteiger partial charge in [-0.25, -0.2) is 9.18 Å². The van der Waals surface area contributed by atoms with Crippen LogP contribution in [0.2, 0.25) is 0 Å². The summed E-state index contributed by atoms with van der Waals surface area (Å²) < 4.78 is 13.2. The van der Waals surface area contributed by atoms with Gasteiger partial charge in [-0.05, 0) is 23.3 Å². The van der Waals surface area contributed by atoms with E-state index in [0.29, 0.717) is 11.1 Å². The van der Waals surface area contributed by atoms with Crippen molar-refractivity contribution in [1.29, 1.82) is 0 Å². The van der Waals surface area contributed by atoms with Crippen LogP contribution in [0.5, 0.6) is 5.75 Å². The molecule has 86 valence electrons. The van der Waals surface area contributed by atoms with E-state index in [1.807, 2.05) is 0 Å². The van der Waals surface area contributed by atoms with Gasteiger partial charge in [0.15, 0.2) is 0 Å². The number of carbonyl (C=O) groups is 1. The highest BCUT2D eigenvalue weighted by atomic mass is 19.1. The van der Waals surface area contributed by atoms with Crippen molar-refractivity contribution in [3.63, 3.8) is 0 Å². The fraction of sp³-hybridized carbons (Fsp3) is 0. The minimum atomic E-state index is -1.33. The predicted octanol–water partition coefficient (Wildman–Crippen LogP) is 2.26. The van der Waals surface area contributed by atoms with Crippen molar-refractivity contribution in [2.75, 3.05) is 0 Å². The minimum Gasteiger partial charge on any atom is -0.872 e. The van der Waals surface area contributed by atoms with Crippen LogP contribution in [-0.2, 0) is 0 Å². The zero-order valence-corrected chi connectivity index (χ0v) is 8.68. The average Bonchev–Trinajstić information content (AvgIpc) is 2.29. The average molecular weight is 231 g/mol. The standard InChI is InChI=1S/C13H9FO3/c14-12-5-4-9(7-11(12)13(16)17)8-2-1-3-10(15)6-8/h1-7,15H,(H,16,17)/p-1. The van der Waals surface area contributed by atoms with Gasteiger partial charge in [0.25, 0.3) is 0 Å². The third-order valence-electron chi connectivity index (χ3n) is 2.36. The molecule has 17 heavy (non-hydrogen) atoms. The van der Waals surface area contributed by atoms with E-state index in [1.165, 1.54) is 24.3 Å². The summed E-state index contributed by atoms with van der Waals surface area (Å²) in [5, 5.41) is 19.9.